The van der Waals surface area contributed by atoms with Crippen molar-refractivity contribution in [3.63, 3.8) is 0 Å². The van der Waals surface area contributed by atoms with E-state index in [-0.39, 0.29) is 5.91 Å². The molecule has 3 aromatic heterocycles. The van der Waals surface area contributed by atoms with Gasteiger partial charge in [0.1, 0.15) is 11.5 Å². The van der Waals surface area contributed by atoms with Gasteiger partial charge in [0.05, 0.1) is 35.5 Å². The monoisotopic (exact) mass is 371 g/mol. The molecule has 0 fully saturated rings. The van der Waals surface area contributed by atoms with E-state index in [1.54, 1.807) is 18.3 Å². The maximum Gasteiger partial charge on any atom is 0.223 e. The number of fused-ring (bicyclic) bond motifs is 1. The smallest absolute Gasteiger partial charge is 0.223 e. The van der Waals surface area contributed by atoms with Crippen molar-refractivity contribution in [2.45, 2.75) is 39.0 Å². The fourth-order valence-corrected chi connectivity index (χ4v) is 3.84. The number of carbonyl (C=O) groups is 1. The van der Waals surface area contributed by atoms with Gasteiger partial charge in [0.25, 0.3) is 0 Å². The van der Waals surface area contributed by atoms with Crippen molar-refractivity contribution in [2.75, 3.05) is 6.54 Å². The van der Waals surface area contributed by atoms with E-state index >= 15 is 0 Å². The van der Waals surface area contributed by atoms with Gasteiger partial charge in [-0.1, -0.05) is 6.07 Å². The van der Waals surface area contributed by atoms with Crippen molar-refractivity contribution in [1.29, 1.82) is 0 Å². The van der Waals surface area contributed by atoms with Crippen LogP contribution in [0.5, 0.6) is 0 Å². The maximum atomic E-state index is 12.6. The molecule has 1 amide bonds. The average Bonchev–Trinajstić information content (AvgIpc) is 3.38. The normalized spacial score (nSPS) is 15.1. The van der Waals surface area contributed by atoms with Crippen LogP contribution < -0.4 is 0 Å². The van der Waals surface area contributed by atoms with E-state index in [1.807, 2.05) is 45.3 Å². The second-order valence-corrected chi connectivity index (χ2v) is 7.47. The predicted octanol–water partition coefficient (Wildman–Crippen LogP) is 3.23. The number of aliphatic hydroxyl groups excluding tert-OH is 1. The van der Waals surface area contributed by atoms with Gasteiger partial charge < -0.3 is 14.4 Å². The molecular weight excluding hydrogens is 350 g/mol. The van der Waals surface area contributed by atoms with Crippen molar-refractivity contribution in [3.8, 4) is 10.6 Å². The molecule has 4 rings (SSSR count). The Labute approximate surface area is 155 Å². The number of thiophene rings is 1. The highest BCUT2D eigenvalue weighted by Crippen LogP contribution is 2.27. The molecule has 0 radical (unpaired) electrons. The van der Waals surface area contributed by atoms with Crippen LogP contribution in [0.1, 0.15) is 36.6 Å². The molecule has 0 saturated heterocycles. The lowest BCUT2D eigenvalue weighted by Gasteiger charge is -2.27. The fraction of sp³-hybridized carbons (Fsp3) is 0.368. The minimum Gasteiger partial charge on any atom is -0.460 e. The number of aliphatic hydroxyl groups is 1. The molecule has 0 aliphatic carbocycles. The number of aryl methyl sites for hydroxylation is 1. The molecule has 1 N–H and O–H groups in total. The Morgan fingerprint density at radius 2 is 2.27 bits per heavy atom. The lowest BCUT2D eigenvalue weighted by molar-refractivity contribution is -0.132. The molecule has 26 heavy (non-hydrogen) atoms. The zero-order valence-corrected chi connectivity index (χ0v) is 15.4. The Bertz CT molecular complexity index is 895. The minimum atomic E-state index is -0.589. The highest BCUT2D eigenvalue weighted by molar-refractivity contribution is 7.13. The van der Waals surface area contributed by atoms with E-state index in [0.717, 1.165) is 22.1 Å². The Hall–Kier alpha value is -2.38. The van der Waals surface area contributed by atoms with Crippen LogP contribution in [0.2, 0.25) is 0 Å². The van der Waals surface area contributed by atoms with Gasteiger partial charge in [-0.15, -0.1) is 11.3 Å². The van der Waals surface area contributed by atoms with Crippen molar-refractivity contribution in [3.05, 3.63) is 52.9 Å². The maximum absolute atomic E-state index is 12.6. The number of furan rings is 1. The summed E-state index contributed by atoms with van der Waals surface area (Å²) in [6.07, 6.45) is 0.432. The molecule has 0 saturated carbocycles. The third-order valence-electron chi connectivity index (χ3n) is 4.61. The molecule has 0 bridgehead atoms. The van der Waals surface area contributed by atoms with E-state index in [2.05, 4.69) is 5.10 Å². The fourth-order valence-electron chi connectivity index (χ4n) is 3.16. The molecule has 3 aromatic rings. The van der Waals surface area contributed by atoms with E-state index in [9.17, 15) is 9.90 Å². The van der Waals surface area contributed by atoms with Crippen LogP contribution in [-0.2, 0) is 24.3 Å². The van der Waals surface area contributed by atoms with Crippen LogP contribution in [0, 0.1) is 0 Å². The summed E-state index contributed by atoms with van der Waals surface area (Å²) < 4.78 is 7.73. The van der Waals surface area contributed by atoms with Gasteiger partial charge in [-0.3, -0.25) is 9.48 Å². The first kappa shape index (κ1) is 17.1. The number of hydrogen-bond acceptors (Lipinski definition) is 5. The molecule has 6 nitrogen and oxygen atoms in total. The third kappa shape index (κ3) is 3.45. The first-order chi connectivity index (χ1) is 12.6. The van der Waals surface area contributed by atoms with E-state index in [4.69, 9.17) is 4.42 Å². The quantitative estimate of drug-likeness (QED) is 0.747. The summed E-state index contributed by atoms with van der Waals surface area (Å²) in [5.41, 5.74) is 1.63. The van der Waals surface area contributed by atoms with Crippen molar-refractivity contribution in [2.24, 2.45) is 0 Å². The molecule has 0 aromatic carbocycles. The summed E-state index contributed by atoms with van der Waals surface area (Å²) in [6.45, 7) is 3.55. The van der Waals surface area contributed by atoms with Gasteiger partial charge in [0.15, 0.2) is 0 Å². The van der Waals surface area contributed by atoms with Gasteiger partial charge >= 0.3 is 0 Å². The van der Waals surface area contributed by atoms with Crippen LogP contribution in [-0.4, -0.2) is 32.2 Å². The molecule has 1 atom stereocenters. The Kier molecular flexibility index (Phi) is 4.65. The first-order valence-electron chi connectivity index (χ1n) is 8.75. The molecular formula is C19H21N3O3S. The zero-order chi connectivity index (χ0) is 18.1. The predicted molar refractivity (Wildman–Crippen MR) is 98.6 cm³/mol. The van der Waals surface area contributed by atoms with Crippen LogP contribution in [0.4, 0.5) is 0 Å². The lowest BCUT2D eigenvalue weighted by atomic mass is 10.2. The summed E-state index contributed by atoms with van der Waals surface area (Å²) in [6, 6.07) is 9.81. The van der Waals surface area contributed by atoms with E-state index in [1.165, 1.54) is 0 Å². The largest absolute Gasteiger partial charge is 0.460 e. The highest BCUT2D eigenvalue weighted by Gasteiger charge is 2.23. The highest BCUT2D eigenvalue weighted by atomic mass is 32.1. The molecule has 1 aliphatic rings. The van der Waals surface area contributed by atoms with Crippen LogP contribution in [0.3, 0.4) is 0 Å². The molecule has 1 aliphatic heterocycles. The van der Waals surface area contributed by atoms with Crippen LogP contribution in [0.15, 0.2) is 40.1 Å². The SMILES string of the molecule is C[C@H](O)c1cc2n(n1)CCN(C(=O)CCc1ccc(-c3cccs3)o1)C2. The van der Waals surface area contributed by atoms with Crippen LogP contribution in [0.25, 0.3) is 10.6 Å². The van der Waals surface area contributed by atoms with E-state index in [0.29, 0.717) is 38.2 Å². The number of hydrogen-bond donors (Lipinski definition) is 1. The summed E-state index contributed by atoms with van der Waals surface area (Å²) in [5.74, 6) is 1.81. The minimum absolute atomic E-state index is 0.116. The Morgan fingerprint density at radius 1 is 1.38 bits per heavy atom. The van der Waals surface area contributed by atoms with E-state index < -0.39 is 6.10 Å². The summed E-state index contributed by atoms with van der Waals surface area (Å²) >= 11 is 1.64. The van der Waals surface area contributed by atoms with Gasteiger partial charge in [0, 0.05) is 19.4 Å². The summed E-state index contributed by atoms with van der Waals surface area (Å²) in [7, 11) is 0. The zero-order valence-electron chi connectivity index (χ0n) is 14.6. The number of rotatable bonds is 5. The Morgan fingerprint density at radius 3 is 3.04 bits per heavy atom. The summed E-state index contributed by atoms with van der Waals surface area (Å²) in [4.78, 5) is 15.5. The first-order valence-corrected chi connectivity index (χ1v) is 9.63. The molecule has 136 valence electrons. The van der Waals surface area contributed by atoms with Gasteiger partial charge in [-0.2, -0.15) is 5.10 Å². The average molecular weight is 371 g/mol. The standard InChI is InChI=1S/C19H21N3O3S/c1-13(23)16-11-14-12-21(8-9-22(14)20-16)19(24)7-5-15-4-6-17(25-15)18-3-2-10-26-18/h2-4,6,10-11,13,23H,5,7-9,12H2,1H3/t13-/m0/s1. The van der Waals surface area contributed by atoms with Gasteiger partial charge in [-0.25, -0.2) is 0 Å². The Balaban J connectivity index is 1.35. The molecule has 7 heteroatoms. The van der Waals surface area contributed by atoms with Crippen molar-refractivity contribution in [1.82, 2.24) is 14.7 Å². The molecule has 4 heterocycles. The number of nitrogens with zero attached hydrogens (tertiary/aromatic N) is 3. The number of amides is 1. The van der Waals surface area contributed by atoms with Gasteiger partial charge in [-0.05, 0) is 36.6 Å². The topological polar surface area (TPSA) is 71.5 Å². The third-order valence-corrected chi connectivity index (χ3v) is 5.49. The second kappa shape index (κ2) is 7.09. The number of aromatic nitrogens is 2. The molecule has 0 spiro atoms. The number of carbonyl (C=O) groups excluding carboxylic acids is 1. The van der Waals surface area contributed by atoms with Gasteiger partial charge in [0.2, 0.25) is 5.91 Å². The summed E-state index contributed by atoms with van der Waals surface area (Å²) in [5, 5.41) is 16.1. The molecule has 0 unspecified atom stereocenters. The van der Waals surface area contributed by atoms with Crippen molar-refractivity contribution >= 4 is 17.2 Å². The second-order valence-electron chi connectivity index (χ2n) is 6.52. The van der Waals surface area contributed by atoms with Crippen LogP contribution >= 0.6 is 11.3 Å². The van der Waals surface area contributed by atoms with Crippen molar-refractivity contribution < 1.29 is 14.3 Å². The lowest BCUT2D eigenvalue weighted by Crippen LogP contribution is -2.38.